The van der Waals surface area contributed by atoms with Crippen LogP contribution in [0.1, 0.15) is 27.5 Å². The number of halogens is 2. The van der Waals surface area contributed by atoms with E-state index >= 15 is 0 Å². The number of ketones is 1. The van der Waals surface area contributed by atoms with Crippen LogP contribution < -0.4 is 22.1 Å². The highest BCUT2D eigenvalue weighted by Crippen LogP contribution is 2.42. The van der Waals surface area contributed by atoms with Crippen LogP contribution in [0, 0.1) is 5.82 Å². The second-order valence-electron chi connectivity index (χ2n) is 8.67. The predicted molar refractivity (Wildman–Crippen MR) is 150 cm³/mol. The number of carbonyl (C=O) groups is 1. The SMILES string of the molecule is COc1cc(OCCO)cc(N(I)C(C(=O)c2c[nH]c3c4c(ccc23)OCC4)c2ccc(F)cc2OC)c1. The number of ether oxygens (including phenoxy) is 4. The van der Waals surface area contributed by atoms with E-state index in [0.29, 0.717) is 34.9 Å². The molecule has 2 heterocycles. The lowest BCUT2D eigenvalue weighted by Crippen LogP contribution is -2.27. The van der Waals surface area contributed by atoms with Gasteiger partial charge in [0, 0.05) is 59.0 Å². The van der Waals surface area contributed by atoms with Crippen molar-refractivity contribution in [3.8, 4) is 23.0 Å². The Kier molecular flexibility index (Phi) is 7.61. The van der Waals surface area contributed by atoms with E-state index in [4.69, 9.17) is 18.9 Å². The molecule has 0 bridgehead atoms. The van der Waals surface area contributed by atoms with Crippen LogP contribution in [0.25, 0.3) is 10.9 Å². The Hall–Kier alpha value is -3.51. The number of hydrogen-bond acceptors (Lipinski definition) is 7. The zero-order chi connectivity index (χ0) is 26.8. The summed E-state index contributed by atoms with van der Waals surface area (Å²) in [6.07, 6.45) is 2.47. The number of hydrogen-bond donors (Lipinski definition) is 2. The molecule has 10 heteroatoms. The maximum atomic E-state index is 14.4. The summed E-state index contributed by atoms with van der Waals surface area (Å²) in [5.74, 6) is 1.36. The Labute approximate surface area is 232 Å². The van der Waals surface area contributed by atoms with Crippen molar-refractivity contribution in [1.82, 2.24) is 4.98 Å². The monoisotopic (exact) mass is 632 g/mol. The summed E-state index contributed by atoms with van der Waals surface area (Å²) < 4.78 is 38.2. The van der Waals surface area contributed by atoms with E-state index in [2.05, 4.69) is 27.8 Å². The van der Waals surface area contributed by atoms with Crippen LogP contribution in [0.3, 0.4) is 0 Å². The summed E-state index contributed by atoms with van der Waals surface area (Å²) in [5.41, 5.74) is 3.51. The molecular formula is C28H26FIN2O6. The number of aromatic nitrogens is 1. The lowest BCUT2D eigenvalue weighted by molar-refractivity contribution is 0.0966. The second kappa shape index (κ2) is 11.1. The largest absolute Gasteiger partial charge is 0.497 e. The van der Waals surface area contributed by atoms with Crippen molar-refractivity contribution in [1.29, 1.82) is 0 Å². The normalized spacial score (nSPS) is 13.1. The third kappa shape index (κ3) is 4.85. The maximum absolute atomic E-state index is 14.4. The summed E-state index contributed by atoms with van der Waals surface area (Å²) in [6, 6.07) is 12.2. The summed E-state index contributed by atoms with van der Waals surface area (Å²) in [4.78, 5) is 17.6. The molecule has 1 aliphatic rings. The number of anilines is 1. The standard InChI is InChI=1S/C28H26FIN2O6/c1-35-18-12-17(13-19(14-18)37-10-8-33)32(30)27(22-4-3-16(29)11-25(22)36-2)28(34)23-15-31-26-20(23)5-6-24-21(26)7-9-38-24/h3-6,11-15,27,31,33H,7-10H2,1-2H3. The Bertz CT molecular complexity index is 1490. The van der Waals surface area contributed by atoms with Crippen LogP contribution in [0.5, 0.6) is 23.0 Å². The highest BCUT2D eigenvalue weighted by atomic mass is 127. The molecular weight excluding hydrogens is 606 g/mol. The van der Waals surface area contributed by atoms with Gasteiger partial charge in [0.05, 0.1) is 61.5 Å². The number of aliphatic hydroxyl groups is 1. The lowest BCUT2D eigenvalue weighted by Gasteiger charge is -2.29. The molecule has 0 saturated heterocycles. The van der Waals surface area contributed by atoms with E-state index in [9.17, 15) is 14.3 Å². The van der Waals surface area contributed by atoms with Gasteiger partial charge in [0.15, 0.2) is 5.78 Å². The number of rotatable bonds is 10. The molecule has 0 radical (unpaired) electrons. The molecule has 4 aromatic rings. The fraction of sp³-hybridized carbons (Fsp3) is 0.250. The van der Waals surface area contributed by atoms with Crippen LogP contribution in [-0.2, 0) is 6.42 Å². The fourth-order valence-electron chi connectivity index (χ4n) is 4.71. The molecule has 1 unspecified atom stereocenters. The molecule has 0 saturated carbocycles. The van der Waals surface area contributed by atoms with E-state index in [1.54, 1.807) is 33.6 Å². The van der Waals surface area contributed by atoms with Crippen molar-refractivity contribution in [2.75, 3.05) is 37.2 Å². The fourth-order valence-corrected chi connectivity index (χ4v) is 5.54. The molecule has 1 atom stereocenters. The first kappa shape index (κ1) is 26.1. The second-order valence-corrected chi connectivity index (χ2v) is 9.71. The number of fused-ring (bicyclic) bond motifs is 3. The first-order valence-electron chi connectivity index (χ1n) is 12.0. The van der Waals surface area contributed by atoms with E-state index in [0.717, 1.165) is 28.6 Å². The number of nitrogens with zero attached hydrogens (tertiary/aromatic N) is 1. The third-order valence-corrected chi connectivity index (χ3v) is 7.58. The molecule has 5 rings (SSSR count). The number of nitrogens with one attached hydrogen (secondary N) is 1. The zero-order valence-corrected chi connectivity index (χ0v) is 23.0. The number of benzene rings is 3. The number of H-pyrrole nitrogens is 1. The number of methoxy groups -OCH3 is 2. The topological polar surface area (TPSA) is 93.2 Å². The maximum Gasteiger partial charge on any atom is 0.192 e. The van der Waals surface area contributed by atoms with E-state index in [1.165, 1.54) is 26.4 Å². The van der Waals surface area contributed by atoms with Crippen LogP contribution >= 0.6 is 22.9 Å². The minimum Gasteiger partial charge on any atom is -0.497 e. The number of aromatic amines is 1. The predicted octanol–water partition coefficient (Wildman–Crippen LogP) is 5.41. The van der Waals surface area contributed by atoms with Crippen molar-refractivity contribution in [2.45, 2.75) is 12.5 Å². The zero-order valence-electron chi connectivity index (χ0n) is 20.8. The van der Waals surface area contributed by atoms with Crippen LogP contribution in [0.2, 0.25) is 0 Å². The van der Waals surface area contributed by atoms with Gasteiger partial charge in [0.2, 0.25) is 0 Å². The Morgan fingerprint density at radius 3 is 2.74 bits per heavy atom. The van der Waals surface area contributed by atoms with Gasteiger partial charge in [0.25, 0.3) is 0 Å². The minimum absolute atomic E-state index is 0.103. The highest BCUT2D eigenvalue weighted by molar-refractivity contribution is 14.1. The molecule has 0 fully saturated rings. The minimum atomic E-state index is -0.896. The van der Waals surface area contributed by atoms with Gasteiger partial charge in [-0.15, -0.1) is 0 Å². The van der Waals surface area contributed by atoms with Gasteiger partial charge < -0.3 is 29.0 Å². The van der Waals surface area contributed by atoms with Crippen molar-refractivity contribution >= 4 is 45.2 Å². The van der Waals surface area contributed by atoms with Gasteiger partial charge in [0.1, 0.15) is 41.5 Å². The molecule has 1 aliphatic heterocycles. The Morgan fingerprint density at radius 1 is 1.16 bits per heavy atom. The summed E-state index contributed by atoms with van der Waals surface area (Å²) in [5, 5.41) is 9.99. The third-order valence-electron chi connectivity index (χ3n) is 6.47. The molecule has 3 aromatic carbocycles. The Balaban J connectivity index is 1.64. The first-order chi connectivity index (χ1) is 18.4. The van der Waals surface area contributed by atoms with Gasteiger partial charge in [-0.1, -0.05) is 0 Å². The molecule has 198 valence electrons. The quantitative estimate of drug-likeness (QED) is 0.137. The van der Waals surface area contributed by atoms with E-state index in [1.807, 2.05) is 12.1 Å². The van der Waals surface area contributed by atoms with Crippen LogP contribution in [0.4, 0.5) is 10.1 Å². The van der Waals surface area contributed by atoms with Crippen molar-refractivity contribution in [3.63, 3.8) is 0 Å². The van der Waals surface area contributed by atoms with Crippen LogP contribution in [0.15, 0.2) is 54.7 Å². The smallest absolute Gasteiger partial charge is 0.192 e. The van der Waals surface area contributed by atoms with Crippen molar-refractivity contribution < 1.29 is 33.2 Å². The van der Waals surface area contributed by atoms with Gasteiger partial charge in [-0.3, -0.25) is 7.91 Å². The molecule has 0 aliphatic carbocycles. The molecule has 1 aromatic heterocycles. The van der Waals surface area contributed by atoms with Crippen molar-refractivity contribution in [2.24, 2.45) is 0 Å². The van der Waals surface area contributed by atoms with Crippen molar-refractivity contribution in [3.05, 3.63) is 77.2 Å². The summed E-state index contributed by atoms with van der Waals surface area (Å²) in [7, 11) is 2.98. The van der Waals surface area contributed by atoms with Gasteiger partial charge in [-0.25, -0.2) is 4.39 Å². The summed E-state index contributed by atoms with van der Waals surface area (Å²) >= 11 is 2.07. The highest BCUT2D eigenvalue weighted by Gasteiger charge is 2.33. The van der Waals surface area contributed by atoms with Gasteiger partial charge in [-0.05, 0) is 24.3 Å². The molecule has 0 spiro atoms. The number of aliphatic hydroxyl groups excluding tert-OH is 1. The molecule has 38 heavy (non-hydrogen) atoms. The molecule has 0 amide bonds. The average Bonchev–Trinajstić information content (AvgIpc) is 3.59. The van der Waals surface area contributed by atoms with Gasteiger partial charge >= 0.3 is 0 Å². The number of Topliss-reactive ketones (excluding diaryl/α,β-unsaturated/α-hetero) is 1. The van der Waals surface area contributed by atoms with E-state index < -0.39 is 11.9 Å². The first-order valence-corrected chi connectivity index (χ1v) is 12.9. The van der Waals surface area contributed by atoms with Gasteiger partial charge in [-0.2, -0.15) is 0 Å². The summed E-state index contributed by atoms with van der Waals surface area (Å²) in [6.45, 7) is 0.555. The van der Waals surface area contributed by atoms with Crippen LogP contribution in [-0.4, -0.2) is 49.9 Å². The average molecular weight is 632 g/mol. The molecule has 2 N–H and O–H groups in total. The lowest BCUT2D eigenvalue weighted by atomic mass is 9.95. The van der Waals surface area contributed by atoms with E-state index in [-0.39, 0.29) is 24.7 Å². The number of carbonyl (C=O) groups excluding carboxylic acids is 1. The Morgan fingerprint density at radius 2 is 1.97 bits per heavy atom. The molecule has 8 nitrogen and oxygen atoms in total.